The van der Waals surface area contributed by atoms with Crippen LogP contribution in [0.1, 0.15) is 31.7 Å². The average molecular weight is 282 g/mol. The Morgan fingerprint density at radius 1 is 1.35 bits per heavy atom. The third-order valence-corrected chi connectivity index (χ3v) is 3.02. The van der Waals surface area contributed by atoms with E-state index in [1.54, 1.807) is 17.0 Å². The first-order chi connectivity index (χ1) is 9.58. The number of halogens is 1. The first kappa shape index (κ1) is 16.4. The number of aliphatic hydroxyl groups excluding tert-OH is 1. The van der Waals surface area contributed by atoms with Crippen molar-refractivity contribution in [3.05, 3.63) is 29.6 Å². The molecule has 0 spiro atoms. The number of hydrogen-bond acceptors (Lipinski definition) is 2. The van der Waals surface area contributed by atoms with Crippen molar-refractivity contribution in [1.82, 2.24) is 4.90 Å². The molecule has 0 unspecified atom stereocenters. The molecule has 1 rings (SSSR count). The third-order valence-electron chi connectivity index (χ3n) is 3.02. The molecule has 0 aliphatic heterocycles. The zero-order valence-electron chi connectivity index (χ0n) is 12.2. The zero-order chi connectivity index (χ0) is 15.0. The highest BCUT2D eigenvalue weighted by Gasteiger charge is 2.14. The molecule has 112 valence electrons. The molecular weight excluding hydrogens is 259 g/mol. The van der Waals surface area contributed by atoms with Gasteiger partial charge in [0.1, 0.15) is 5.82 Å². The lowest BCUT2D eigenvalue weighted by atomic mass is 10.2. The van der Waals surface area contributed by atoms with Crippen molar-refractivity contribution in [3.63, 3.8) is 0 Å². The number of aryl methyl sites for hydroxylation is 1. The number of anilines is 1. The molecule has 5 heteroatoms. The second-order valence-electron chi connectivity index (χ2n) is 4.83. The van der Waals surface area contributed by atoms with Crippen molar-refractivity contribution < 1.29 is 14.3 Å². The Labute approximate surface area is 119 Å². The topological polar surface area (TPSA) is 52.6 Å². The van der Waals surface area contributed by atoms with Gasteiger partial charge in [0, 0.05) is 19.7 Å². The third kappa shape index (κ3) is 5.17. The van der Waals surface area contributed by atoms with E-state index >= 15 is 0 Å². The van der Waals surface area contributed by atoms with Gasteiger partial charge in [0.15, 0.2) is 0 Å². The molecule has 0 aromatic heterocycles. The molecule has 0 heterocycles. The summed E-state index contributed by atoms with van der Waals surface area (Å²) in [5.41, 5.74) is 1.08. The Kier molecular flexibility index (Phi) is 7.01. The SMILES string of the molecule is CCCCN(CCCO)C(=O)Nc1cc(C)ccc1F. The van der Waals surface area contributed by atoms with Crippen molar-refractivity contribution in [2.45, 2.75) is 33.1 Å². The summed E-state index contributed by atoms with van der Waals surface area (Å²) in [5.74, 6) is -0.443. The molecule has 2 amide bonds. The van der Waals surface area contributed by atoms with E-state index in [2.05, 4.69) is 5.32 Å². The Balaban J connectivity index is 2.70. The molecule has 0 fully saturated rings. The fourth-order valence-electron chi connectivity index (χ4n) is 1.85. The van der Waals surface area contributed by atoms with Crippen LogP contribution in [-0.2, 0) is 0 Å². The molecule has 0 saturated heterocycles. The van der Waals surface area contributed by atoms with E-state index in [1.807, 2.05) is 13.8 Å². The van der Waals surface area contributed by atoms with Crippen LogP contribution in [-0.4, -0.2) is 35.7 Å². The van der Waals surface area contributed by atoms with Gasteiger partial charge in [-0.1, -0.05) is 19.4 Å². The van der Waals surface area contributed by atoms with Crippen molar-refractivity contribution in [1.29, 1.82) is 0 Å². The largest absolute Gasteiger partial charge is 0.396 e. The summed E-state index contributed by atoms with van der Waals surface area (Å²) in [6.07, 6.45) is 2.38. The molecule has 0 bridgehead atoms. The van der Waals surface area contributed by atoms with Gasteiger partial charge in [0.05, 0.1) is 5.69 Å². The van der Waals surface area contributed by atoms with Crippen LogP contribution >= 0.6 is 0 Å². The Morgan fingerprint density at radius 3 is 2.70 bits per heavy atom. The van der Waals surface area contributed by atoms with E-state index < -0.39 is 5.82 Å². The van der Waals surface area contributed by atoms with E-state index in [-0.39, 0.29) is 18.3 Å². The number of nitrogens with one attached hydrogen (secondary N) is 1. The Morgan fingerprint density at radius 2 is 2.05 bits per heavy atom. The lowest BCUT2D eigenvalue weighted by molar-refractivity contribution is 0.201. The van der Waals surface area contributed by atoms with E-state index in [0.29, 0.717) is 19.5 Å². The van der Waals surface area contributed by atoms with Crippen LogP contribution < -0.4 is 5.32 Å². The summed E-state index contributed by atoms with van der Waals surface area (Å²) in [5, 5.41) is 11.5. The predicted octanol–water partition coefficient (Wildman–Crippen LogP) is 3.15. The quantitative estimate of drug-likeness (QED) is 0.807. The minimum absolute atomic E-state index is 0.0364. The summed E-state index contributed by atoms with van der Waals surface area (Å²) >= 11 is 0. The number of carbonyl (C=O) groups is 1. The highest BCUT2D eigenvalue weighted by atomic mass is 19.1. The number of urea groups is 1. The molecule has 0 aliphatic rings. The summed E-state index contributed by atoms with van der Waals surface area (Å²) < 4.78 is 13.6. The Hall–Kier alpha value is -1.62. The summed E-state index contributed by atoms with van der Waals surface area (Å²) in [4.78, 5) is 13.8. The number of benzene rings is 1. The van der Waals surface area contributed by atoms with Gasteiger partial charge in [-0.05, 0) is 37.5 Å². The minimum Gasteiger partial charge on any atom is -0.396 e. The molecule has 20 heavy (non-hydrogen) atoms. The average Bonchev–Trinajstić information content (AvgIpc) is 2.43. The molecule has 2 N–H and O–H groups in total. The zero-order valence-corrected chi connectivity index (χ0v) is 12.2. The van der Waals surface area contributed by atoms with Crippen LogP contribution in [0.3, 0.4) is 0 Å². The highest BCUT2D eigenvalue weighted by Crippen LogP contribution is 2.16. The fourth-order valence-corrected chi connectivity index (χ4v) is 1.85. The second-order valence-corrected chi connectivity index (χ2v) is 4.83. The molecule has 0 aliphatic carbocycles. The summed E-state index contributed by atoms with van der Waals surface area (Å²) in [7, 11) is 0. The van der Waals surface area contributed by atoms with Crippen LogP contribution in [0.25, 0.3) is 0 Å². The lowest BCUT2D eigenvalue weighted by Gasteiger charge is -2.23. The second kappa shape index (κ2) is 8.53. The van der Waals surface area contributed by atoms with Crippen LogP contribution in [0.2, 0.25) is 0 Å². The molecule has 1 aromatic rings. The van der Waals surface area contributed by atoms with Crippen LogP contribution in [0.15, 0.2) is 18.2 Å². The van der Waals surface area contributed by atoms with E-state index in [1.165, 1.54) is 6.07 Å². The Bertz CT molecular complexity index is 430. The molecule has 0 radical (unpaired) electrons. The van der Waals surface area contributed by atoms with Gasteiger partial charge in [-0.25, -0.2) is 9.18 Å². The van der Waals surface area contributed by atoms with Crippen LogP contribution in [0.5, 0.6) is 0 Å². The van der Waals surface area contributed by atoms with Crippen LogP contribution in [0.4, 0.5) is 14.9 Å². The van der Waals surface area contributed by atoms with Crippen molar-refractivity contribution in [2.24, 2.45) is 0 Å². The van der Waals surface area contributed by atoms with Gasteiger partial charge < -0.3 is 15.3 Å². The van der Waals surface area contributed by atoms with Gasteiger partial charge in [0.2, 0.25) is 0 Å². The number of unbranched alkanes of at least 4 members (excludes halogenated alkanes) is 1. The van der Waals surface area contributed by atoms with E-state index in [0.717, 1.165) is 18.4 Å². The maximum Gasteiger partial charge on any atom is 0.321 e. The van der Waals surface area contributed by atoms with E-state index in [4.69, 9.17) is 5.11 Å². The normalized spacial score (nSPS) is 10.4. The molecule has 4 nitrogen and oxygen atoms in total. The number of aliphatic hydroxyl groups is 1. The highest BCUT2D eigenvalue weighted by molar-refractivity contribution is 5.89. The number of hydrogen-bond donors (Lipinski definition) is 2. The molecule has 0 atom stereocenters. The predicted molar refractivity (Wildman–Crippen MR) is 78.3 cm³/mol. The van der Waals surface area contributed by atoms with Crippen LogP contribution in [0, 0.1) is 12.7 Å². The number of amides is 2. The summed E-state index contributed by atoms with van der Waals surface area (Å²) in [6, 6.07) is 4.29. The molecular formula is C15H23FN2O2. The summed E-state index contributed by atoms with van der Waals surface area (Å²) in [6.45, 7) is 5.00. The van der Waals surface area contributed by atoms with Crippen molar-refractivity contribution >= 4 is 11.7 Å². The van der Waals surface area contributed by atoms with Gasteiger partial charge >= 0.3 is 6.03 Å². The maximum absolute atomic E-state index is 13.6. The first-order valence-electron chi connectivity index (χ1n) is 7.01. The van der Waals surface area contributed by atoms with Gasteiger partial charge in [0.25, 0.3) is 0 Å². The van der Waals surface area contributed by atoms with E-state index in [9.17, 15) is 9.18 Å². The first-order valence-corrected chi connectivity index (χ1v) is 7.01. The van der Waals surface area contributed by atoms with Crippen molar-refractivity contribution in [3.8, 4) is 0 Å². The smallest absolute Gasteiger partial charge is 0.321 e. The minimum atomic E-state index is -0.443. The fraction of sp³-hybridized carbons (Fsp3) is 0.533. The standard InChI is InChI=1S/C15H23FN2O2/c1-3-4-8-18(9-5-10-19)15(20)17-14-11-12(2)6-7-13(14)16/h6-7,11,19H,3-5,8-10H2,1-2H3,(H,17,20). The lowest BCUT2D eigenvalue weighted by Crippen LogP contribution is -2.37. The molecule has 0 saturated carbocycles. The number of rotatable bonds is 7. The van der Waals surface area contributed by atoms with Crippen molar-refractivity contribution in [2.75, 3.05) is 25.0 Å². The monoisotopic (exact) mass is 282 g/mol. The van der Waals surface area contributed by atoms with Gasteiger partial charge in [-0.2, -0.15) is 0 Å². The molecule has 1 aromatic carbocycles. The van der Waals surface area contributed by atoms with Gasteiger partial charge in [-0.15, -0.1) is 0 Å². The number of nitrogens with zero attached hydrogens (tertiary/aromatic N) is 1. The van der Waals surface area contributed by atoms with Gasteiger partial charge in [-0.3, -0.25) is 0 Å². The number of carbonyl (C=O) groups excluding carboxylic acids is 1. The maximum atomic E-state index is 13.6.